The topological polar surface area (TPSA) is 8.17 Å². The first kappa shape index (κ1) is 19.2. The highest BCUT2D eigenvalue weighted by Gasteiger charge is 2.29. The van der Waals surface area contributed by atoms with Crippen molar-refractivity contribution in [1.29, 1.82) is 0 Å². The van der Waals surface area contributed by atoms with Crippen LogP contribution >= 0.6 is 11.6 Å². The van der Waals surface area contributed by atoms with E-state index in [-0.39, 0.29) is 0 Å². The first-order valence-corrected chi connectivity index (χ1v) is 9.94. The minimum atomic E-state index is -0.831. The molecule has 2 aromatic carbocycles. The van der Waals surface area contributed by atoms with Crippen LogP contribution in [0.4, 0.5) is 8.78 Å². The summed E-state index contributed by atoms with van der Waals surface area (Å²) in [6.07, 6.45) is 3.99. The summed E-state index contributed by atoms with van der Waals surface area (Å²) in [4.78, 5) is 2.38. The van der Waals surface area contributed by atoms with Crippen molar-refractivity contribution in [3.05, 3.63) is 69.9 Å². The number of benzene rings is 2. The largest absolute Gasteiger partial charge is 0.318 e. The monoisotopic (exact) mass is 400 g/mol. The molecule has 0 saturated heterocycles. The van der Waals surface area contributed by atoms with Crippen molar-refractivity contribution in [1.82, 2.24) is 9.47 Å². The summed E-state index contributed by atoms with van der Waals surface area (Å²) in [5.74, 6) is -1.66. The Balaban J connectivity index is 1.95. The number of hydrogen-bond acceptors (Lipinski definition) is 1. The summed E-state index contributed by atoms with van der Waals surface area (Å²) in [6.45, 7) is 5.12. The van der Waals surface area contributed by atoms with E-state index in [0.29, 0.717) is 11.6 Å². The Morgan fingerprint density at radius 1 is 1.18 bits per heavy atom. The smallest absolute Gasteiger partial charge is 0.159 e. The quantitative estimate of drug-likeness (QED) is 0.485. The number of fused-ring (bicyclic) bond motifs is 3. The molecule has 28 heavy (non-hydrogen) atoms. The van der Waals surface area contributed by atoms with Crippen LogP contribution in [0.15, 0.2) is 36.4 Å². The van der Waals surface area contributed by atoms with Gasteiger partial charge in [-0.05, 0) is 73.8 Å². The highest BCUT2D eigenvalue weighted by Crippen LogP contribution is 2.39. The van der Waals surface area contributed by atoms with Crippen molar-refractivity contribution in [3.8, 4) is 0 Å². The molecule has 1 aliphatic heterocycles. The normalized spacial score (nSPS) is 17.9. The summed E-state index contributed by atoms with van der Waals surface area (Å²) < 4.78 is 29.3. The second kappa shape index (κ2) is 7.34. The molecule has 0 amide bonds. The highest BCUT2D eigenvalue weighted by atomic mass is 35.5. The molecule has 1 atom stereocenters. The van der Waals surface area contributed by atoms with Crippen LogP contribution in [0.3, 0.4) is 0 Å². The Kier molecular flexibility index (Phi) is 5.02. The number of likely N-dealkylation sites (N-methyl/N-ethyl adjacent to an activating group) is 1. The predicted molar refractivity (Wildman–Crippen MR) is 113 cm³/mol. The molecule has 0 spiro atoms. The summed E-state index contributed by atoms with van der Waals surface area (Å²) in [7, 11) is 2.15. The lowest BCUT2D eigenvalue weighted by atomic mass is 9.96. The van der Waals surface area contributed by atoms with Crippen LogP contribution < -0.4 is 0 Å². The first-order chi connectivity index (χ1) is 13.4. The maximum Gasteiger partial charge on any atom is 0.159 e. The third-order valence-electron chi connectivity index (χ3n) is 5.76. The number of aromatic nitrogens is 1. The lowest BCUT2D eigenvalue weighted by molar-refractivity contribution is 0.220. The van der Waals surface area contributed by atoms with Gasteiger partial charge in [-0.15, -0.1) is 0 Å². The van der Waals surface area contributed by atoms with E-state index in [0.717, 1.165) is 35.5 Å². The Bertz CT molecular complexity index is 1080. The van der Waals surface area contributed by atoms with E-state index in [1.54, 1.807) is 6.07 Å². The van der Waals surface area contributed by atoms with E-state index >= 15 is 0 Å². The standard InChI is InChI=1S/C23H23ClF2N2/c1-4-21-23-17(9-10-27(21)3)18-12-16(24)6-8-22(18)28(23)13-14(2)15-5-7-19(25)20(26)11-15/h5-8,11-13,21H,4,9-10H2,1-3H3/b14-13+. The third kappa shape index (κ3) is 3.15. The molecule has 5 heteroatoms. The number of hydrogen-bond donors (Lipinski definition) is 0. The minimum absolute atomic E-state index is 0.295. The second-order valence-electron chi connectivity index (χ2n) is 7.49. The molecule has 1 aromatic heterocycles. The summed E-state index contributed by atoms with van der Waals surface area (Å²) >= 11 is 6.29. The van der Waals surface area contributed by atoms with E-state index < -0.39 is 11.6 Å². The van der Waals surface area contributed by atoms with Crippen molar-refractivity contribution >= 4 is 34.3 Å². The molecule has 1 aliphatic rings. The van der Waals surface area contributed by atoms with Gasteiger partial charge in [0.25, 0.3) is 0 Å². The highest BCUT2D eigenvalue weighted by molar-refractivity contribution is 6.31. The molecule has 0 saturated carbocycles. The van der Waals surface area contributed by atoms with Crippen LogP contribution in [0.5, 0.6) is 0 Å². The maximum atomic E-state index is 13.7. The van der Waals surface area contributed by atoms with Crippen molar-refractivity contribution in [3.63, 3.8) is 0 Å². The molecule has 0 N–H and O–H groups in total. The van der Waals surface area contributed by atoms with Gasteiger partial charge in [0.2, 0.25) is 0 Å². The molecule has 0 fully saturated rings. The van der Waals surface area contributed by atoms with Crippen LogP contribution in [0, 0.1) is 11.6 Å². The fourth-order valence-corrected chi connectivity index (χ4v) is 4.48. The Morgan fingerprint density at radius 3 is 2.68 bits per heavy atom. The Hall–Kier alpha value is -2.17. The average molecular weight is 401 g/mol. The average Bonchev–Trinajstić information content (AvgIpc) is 2.97. The van der Waals surface area contributed by atoms with Crippen LogP contribution in [0.25, 0.3) is 22.7 Å². The summed E-state index contributed by atoms with van der Waals surface area (Å²) in [6, 6.07) is 10.3. The van der Waals surface area contributed by atoms with E-state index in [1.165, 1.54) is 28.8 Å². The fourth-order valence-electron chi connectivity index (χ4n) is 4.30. The van der Waals surface area contributed by atoms with E-state index in [4.69, 9.17) is 11.6 Å². The lowest BCUT2D eigenvalue weighted by Crippen LogP contribution is -2.32. The van der Waals surface area contributed by atoms with Gasteiger partial charge in [0.1, 0.15) is 0 Å². The van der Waals surface area contributed by atoms with Gasteiger partial charge in [-0.25, -0.2) is 8.78 Å². The van der Waals surface area contributed by atoms with Crippen LogP contribution in [-0.4, -0.2) is 23.1 Å². The zero-order valence-electron chi connectivity index (χ0n) is 16.3. The number of allylic oxidation sites excluding steroid dienone is 1. The zero-order valence-corrected chi connectivity index (χ0v) is 17.0. The van der Waals surface area contributed by atoms with Crippen molar-refractivity contribution in [2.45, 2.75) is 32.7 Å². The molecule has 0 radical (unpaired) electrons. The van der Waals surface area contributed by atoms with Gasteiger partial charge in [0, 0.05) is 28.8 Å². The first-order valence-electron chi connectivity index (χ1n) is 9.57. The molecular weight excluding hydrogens is 378 g/mol. The molecule has 2 nitrogen and oxygen atoms in total. The van der Waals surface area contributed by atoms with Gasteiger partial charge >= 0.3 is 0 Å². The van der Waals surface area contributed by atoms with Crippen LogP contribution in [0.1, 0.15) is 43.1 Å². The zero-order chi connectivity index (χ0) is 20.0. The second-order valence-corrected chi connectivity index (χ2v) is 7.93. The van der Waals surface area contributed by atoms with Gasteiger partial charge in [0.15, 0.2) is 11.6 Å². The minimum Gasteiger partial charge on any atom is -0.318 e. The van der Waals surface area contributed by atoms with Gasteiger partial charge in [-0.1, -0.05) is 24.6 Å². The van der Waals surface area contributed by atoms with E-state index in [2.05, 4.69) is 23.4 Å². The molecule has 1 unspecified atom stereocenters. The molecule has 0 bridgehead atoms. The van der Waals surface area contributed by atoms with Crippen molar-refractivity contribution < 1.29 is 8.78 Å². The molecule has 2 heterocycles. The van der Waals surface area contributed by atoms with Gasteiger partial charge in [-0.2, -0.15) is 0 Å². The molecule has 0 aliphatic carbocycles. The van der Waals surface area contributed by atoms with Crippen molar-refractivity contribution in [2.24, 2.45) is 0 Å². The number of rotatable bonds is 3. The predicted octanol–water partition coefficient (Wildman–Crippen LogP) is 6.53. The molecular formula is C23H23ClF2N2. The van der Waals surface area contributed by atoms with E-state index in [1.807, 2.05) is 31.3 Å². The van der Waals surface area contributed by atoms with Gasteiger partial charge < -0.3 is 4.57 Å². The van der Waals surface area contributed by atoms with Crippen LogP contribution in [-0.2, 0) is 6.42 Å². The number of nitrogens with zero attached hydrogens (tertiary/aromatic N) is 2. The molecule has 146 valence electrons. The maximum absolute atomic E-state index is 13.7. The summed E-state index contributed by atoms with van der Waals surface area (Å²) in [5.41, 5.74) is 5.22. The summed E-state index contributed by atoms with van der Waals surface area (Å²) in [5, 5.41) is 1.89. The van der Waals surface area contributed by atoms with Gasteiger partial charge in [0.05, 0.1) is 11.6 Å². The number of halogens is 3. The molecule has 4 rings (SSSR count). The third-order valence-corrected chi connectivity index (χ3v) is 5.99. The Labute approximate surface area is 169 Å². The van der Waals surface area contributed by atoms with Gasteiger partial charge in [-0.3, -0.25) is 4.90 Å². The Morgan fingerprint density at radius 2 is 1.96 bits per heavy atom. The SMILES string of the molecule is CCC1c2c(c3cc(Cl)ccc3n2/C=C(\C)c2ccc(F)c(F)c2)CCN1C. The molecule has 3 aromatic rings. The van der Waals surface area contributed by atoms with Crippen LogP contribution in [0.2, 0.25) is 5.02 Å². The van der Waals surface area contributed by atoms with Crippen molar-refractivity contribution in [2.75, 3.05) is 13.6 Å². The van der Waals surface area contributed by atoms with E-state index in [9.17, 15) is 8.78 Å². The fraction of sp³-hybridized carbons (Fsp3) is 0.304. The lowest BCUT2D eigenvalue weighted by Gasteiger charge is -2.33.